The second kappa shape index (κ2) is 9.96. The highest BCUT2D eigenvalue weighted by molar-refractivity contribution is 6.08. The molecule has 6 heteroatoms. The molecule has 4 aromatic rings. The Morgan fingerprint density at radius 2 is 1.21 bits per heavy atom. The molecule has 0 aliphatic carbocycles. The third kappa shape index (κ3) is 5.01. The number of nitrogens with one attached hydrogen (secondary N) is 2. The molecule has 0 saturated heterocycles. The Morgan fingerprint density at radius 3 is 1.79 bits per heavy atom. The van der Waals surface area contributed by atoms with Crippen LogP contribution in [0.15, 0.2) is 84.9 Å². The van der Waals surface area contributed by atoms with Gasteiger partial charge in [0.25, 0.3) is 11.8 Å². The van der Waals surface area contributed by atoms with Crippen LogP contribution in [-0.4, -0.2) is 35.5 Å². The Kier molecular flexibility index (Phi) is 6.64. The van der Waals surface area contributed by atoms with Gasteiger partial charge in [-0.1, -0.05) is 72.8 Å². The first-order valence-electron chi connectivity index (χ1n) is 10.8. The van der Waals surface area contributed by atoms with Gasteiger partial charge in [0, 0.05) is 17.7 Å². The summed E-state index contributed by atoms with van der Waals surface area (Å²) in [6.07, 6.45) is 0.602. The molecular formula is C27H24N2O4. The minimum absolute atomic E-state index is 0.196. The summed E-state index contributed by atoms with van der Waals surface area (Å²) in [5.41, 5.74) is 1.01. The van der Waals surface area contributed by atoms with Gasteiger partial charge in [-0.15, -0.1) is 0 Å². The monoisotopic (exact) mass is 440 g/mol. The van der Waals surface area contributed by atoms with Crippen molar-refractivity contribution in [1.29, 1.82) is 0 Å². The van der Waals surface area contributed by atoms with Crippen LogP contribution in [0.3, 0.4) is 0 Å². The van der Waals surface area contributed by atoms with Crippen LogP contribution in [0, 0.1) is 0 Å². The number of hydrogen-bond acceptors (Lipinski definition) is 3. The van der Waals surface area contributed by atoms with E-state index in [0.29, 0.717) is 24.1 Å². The summed E-state index contributed by atoms with van der Waals surface area (Å²) < 4.78 is 0. The fraction of sp³-hybridized carbons (Fsp3) is 0.148. The first-order valence-corrected chi connectivity index (χ1v) is 10.8. The summed E-state index contributed by atoms with van der Waals surface area (Å²) in [5, 5.41) is 18.6. The van der Waals surface area contributed by atoms with E-state index in [1.54, 1.807) is 18.2 Å². The summed E-state index contributed by atoms with van der Waals surface area (Å²) in [7, 11) is 0. The van der Waals surface area contributed by atoms with Crippen LogP contribution in [0.2, 0.25) is 0 Å². The summed E-state index contributed by atoms with van der Waals surface area (Å²) >= 11 is 0. The van der Waals surface area contributed by atoms with Gasteiger partial charge in [0.05, 0.1) is 0 Å². The molecule has 3 N–H and O–H groups in total. The number of amides is 2. The molecule has 0 spiro atoms. The van der Waals surface area contributed by atoms with Gasteiger partial charge in [0.15, 0.2) is 0 Å². The molecule has 166 valence electrons. The summed E-state index contributed by atoms with van der Waals surface area (Å²) in [4.78, 5) is 37.1. The number of aliphatic carboxylic acids is 1. The summed E-state index contributed by atoms with van der Waals surface area (Å²) in [5.74, 6) is -1.75. The zero-order valence-corrected chi connectivity index (χ0v) is 18.0. The minimum atomic E-state index is -1.11. The van der Waals surface area contributed by atoms with Gasteiger partial charge in [0.1, 0.15) is 6.04 Å². The van der Waals surface area contributed by atoms with E-state index in [1.165, 1.54) is 0 Å². The number of carboxylic acid groups (broad SMARTS) is 1. The van der Waals surface area contributed by atoms with Crippen molar-refractivity contribution in [2.45, 2.75) is 18.9 Å². The normalized spacial score (nSPS) is 11.8. The average molecular weight is 440 g/mol. The molecular weight excluding hydrogens is 416 g/mol. The average Bonchev–Trinajstić information content (AvgIpc) is 2.84. The molecule has 0 bridgehead atoms. The van der Waals surface area contributed by atoms with Crippen molar-refractivity contribution < 1.29 is 19.5 Å². The Morgan fingerprint density at radius 1 is 0.697 bits per heavy atom. The quantitative estimate of drug-likeness (QED) is 0.354. The molecule has 0 fully saturated rings. The van der Waals surface area contributed by atoms with E-state index in [0.717, 1.165) is 21.5 Å². The highest BCUT2D eigenvalue weighted by Crippen LogP contribution is 2.19. The number of carbonyl (C=O) groups is 3. The molecule has 0 aliphatic heterocycles. The highest BCUT2D eigenvalue weighted by atomic mass is 16.4. The predicted octanol–water partition coefficient (Wildman–Crippen LogP) is 4.39. The molecule has 0 heterocycles. The zero-order valence-electron chi connectivity index (χ0n) is 18.0. The topological polar surface area (TPSA) is 95.5 Å². The van der Waals surface area contributed by atoms with E-state index in [9.17, 15) is 19.5 Å². The maximum Gasteiger partial charge on any atom is 0.326 e. The number of hydrogen-bond donors (Lipinski definition) is 3. The Balaban J connectivity index is 1.35. The second-order valence-corrected chi connectivity index (χ2v) is 7.82. The lowest BCUT2D eigenvalue weighted by Gasteiger charge is -2.16. The van der Waals surface area contributed by atoms with Crippen LogP contribution in [0.5, 0.6) is 0 Å². The largest absolute Gasteiger partial charge is 0.480 e. The summed E-state index contributed by atoms with van der Waals surface area (Å²) in [6.45, 7) is 0.302. The molecule has 4 aromatic carbocycles. The number of carbonyl (C=O) groups excluding carboxylic acids is 2. The molecule has 2 amide bonds. The van der Waals surface area contributed by atoms with Crippen molar-refractivity contribution in [1.82, 2.24) is 10.6 Å². The van der Waals surface area contributed by atoms with Gasteiger partial charge in [-0.3, -0.25) is 9.59 Å². The summed E-state index contributed by atoms with van der Waals surface area (Å²) in [6, 6.07) is 25.0. The smallest absolute Gasteiger partial charge is 0.326 e. The lowest BCUT2D eigenvalue weighted by molar-refractivity contribution is -0.139. The van der Waals surface area contributed by atoms with Crippen molar-refractivity contribution >= 4 is 39.3 Å². The Bertz CT molecular complexity index is 1320. The molecule has 0 aliphatic rings. The molecule has 0 radical (unpaired) electrons. The lowest BCUT2D eigenvalue weighted by atomic mass is 10.0. The van der Waals surface area contributed by atoms with Crippen LogP contribution in [-0.2, 0) is 4.79 Å². The highest BCUT2D eigenvalue weighted by Gasteiger charge is 2.21. The van der Waals surface area contributed by atoms with Gasteiger partial charge in [-0.25, -0.2) is 4.79 Å². The van der Waals surface area contributed by atoms with E-state index >= 15 is 0 Å². The Hall–Kier alpha value is -4.19. The molecule has 1 atom stereocenters. The fourth-order valence-electron chi connectivity index (χ4n) is 3.94. The molecule has 4 rings (SSSR count). The van der Waals surface area contributed by atoms with Gasteiger partial charge >= 0.3 is 5.97 Å². The first kappa shape index (κ1) is 22.0. The van der Waals surface area contributed by atoms with E-state index in [2.05, 4.69) is 10.6 Å². The van der Waals surface area contributed by atoms with Crippen LogP contribution < -0.4 is 10.6 Å². The minimum Gasteiger partial charge on any atom is -0.480 e. The van der Waals surface area contributed by atoms with E-state index in [4.69, 9.17) is 0 Å². The molecule has 6 nitrogen and oxygen atoms in total. The van der Waals surface area contributed by atoms with Crippen molar-refractivity contribution in [3.63, 3.8) is 0 Å². The number of benzene rings is 4. The zero-order chi connectivity index (χ0) is 23.2. The van der Waals surface area contributed by atoms with Crippen LogP contribution >= 0.6 is 0 Å². The van der Waals surface area contributed by atoms with Gasteiger partial charge in [0.2, 0.25) is 0 Å². The number of fused-ring (bicyclic) bond motifs is 2. The van der Waals surface area contributed by atoms with Crippen molar-refractivity contribution in [3.8, 4) is 0 Å². The van der Waals surface area contributed by atoms with Gasteiger partial charge in [-0.2, -0.15) is 0 Å². The first-order chi connectivity index (χ1) is 16.0. The third-order valence-electron chi connectivity index (χ3n) is 5.63. The van der Waals surface area contributed by atoms with Gasteiger partial charge in [-0.05, 0) is 46.5 Å². The van der Waals surface area contributed by atoms with Crippen molar-refractivity contribution in [2.75, 3.05) is 6.54 Å². The number of rotatable bonds is 8. The predicted molar refractivity (Wildman–Crippen MR) is 128 cm³/mol. The maximum atomic E-state index is 12.8. The van der Waals surface area contributed by atoms with Crippen molar-refractivity contribution in [3.05, 3.63) is 96.1 Å². The number of carboxylic acids is 1. The lowest BCUT2D eigenvalue weighted by Crippen LogP contribution is -2.41. The SMILES string of the molecule is O=C(NCCC[C@H](NC(=O)c1cccc2ccccc12)C(=O)O)c1cccc2ccccc12. The standard InChI is InChI=1S/C27H24N2O4/c30-25(22-14-5-10-18-8-1-3-12-20(18)22)28-17-7-16-24(27(32)33)29-26(31)23-15-6-11-19-9-2-4-13-21(19)23/h1-6,8-15,24H,7,16-17H2,(H,28,30)(H,29,31)(H,32,33)/t24-/m0/s1. The van der Waals surface area contributed by atoms with Crippen LogP contribution in [0.25, 0.3) is 21.5 Å². The van der Waals surface area contributed by atoms with E-state index < -0.39 is 17.9 Å². The Labute approximate surface area is 191 Å². The second-order valence-electron chi connectivity index (χ2n) is 7.82. The van der Waals surface area contributed by atoms with Crippen LogP contribution in [0.1, 0.15) is 33.6 Å². The van der Waals surface area contributed by atoms with Crippen molar-refractivity contribution in [2.24, 2.45) is 0 Å². The molecule has 0 aromatic heterocycles. The van der Waals surface area contributed by atoms with E-state index in [-0.39, 0.29) is 12.3 Å². The molecule has 0 saturated carbocycles. The van der Waals surface area contributed by atoms with Crippen LogP contribution in [0.4, 0.5) is 0 Å². The molecule has 33 heavy (non-hydrogen) atoms. The third-order valence-corrected chi connectivity index (χ3v) is 5.63. The maximum absolute atomic E-state index is 12.8. The fourth-order valence-corrected chi connectivity index (χ4v) is 3.94. The molecule has 0 unspecified atom stereocenters. The van der Waals surface area contributed by atoms with E-state index in [1.807, 2.05) is 66.7 Å². The van der Waals surface area contributed by atoms with Gasteiger partial charge < -0.3 is 15.7 Å².